The number of pyridine rings is 1. The SMILES string of the molecule is CN(C)C(=O)c1ccc(C(O)(c2ccc3c(c2)c(-c2cccc(Cl)c2)cc(=O)n3C)c2cncn2C)cc1. The van der Waals surface area contributed by atoms with Gasteiger partial charge in [0, 0.05) is 50.2 Å². The maximum absolute atomic E-state index is 12.8. The molecule has 0 bridgehead atoms. The lowest BCUT2D eigenvalue weighted by molar-refractivity contribution is 0.0827. The van der Waals surface area contributed by atoms with Crippen LogP contribution < -0.4 is 5.56 Å². The van der Waals surface area contributed by atoms with Gasteiger partial charge in [-0.2, -0.15) is 0 Å². The number of halogens is 1. The van der Waals surface area contributed by atoms with Crippen LogP contribution in [0.1, 0.15) is 27.2 Å². The van der Waals surface area contributed by atoms with Gasteiger partial charge in [-0.15, -0.1) is 0 Å². The van der Waals surface area contributed by atoms with E-state index in [1.165, 1.54) is 4.90 Å². The number of benzene rings is 3. The first-order valence-corrected chi connectivity index (χ1v) is 12.4. The Morgan fingerprint density at radius 2 is 1.68 bits per heavy atom. The molecule has 8 heteroatoms. The number of aryl methyl sites for hydroxylation is 2. The quantitative estimate of drug-likeness (QED) is 0.363. The summed E-state index contributed by atoms with van der Waals surface area (Å²) in [7, 11) is 6.93. The van der Waals surface area contributed by atoms with Gasteiger partial charge in [0.05, 0.1) is 23.7 Å². The molecule has 2 aromatic heterocycles. The van der Waals surface area contributed by atoms with Crippen molar-refractivity contribution < 1.29 is 9.90 Å². The number of carbonyl (C=O) groups is 1. The molecule has 0 saturated carbocycles. The number of hydrogen-bond donors (Lipinski definition) is 1. The first-order valence-electron chi connectivity index (χ1n) is 12.0. The van der Waals surface area contributed by atoms with Crippen LogP contribution in [0.2, 0.25) is 5.02 Å². The largest absolute Gasteiger partial charge is 0.374 e. The summed E-state index contributed by atoms with van der Waals surface area (Å²) in [5.74, 6) is -0.126. The monoisotopic (exact) mass is 526 g/mol. The minimum atomic E-state index is -1.60. The number of aliphatic hydroxyl groups is 1. The lowest BCUT2D eigenvalue weighted by atomic mass is 9.82. The van der Waals surface area contributed by atoms with Gasteiger partial charge in [0.25, 0.3) is 11.5 Å². The van der Waals surface area contributed by atoms with E-state index in [2.05, 4.69) is 4.98 Å². The molecule has 0 aliphatic carbocycles. The number of amides is 1. The predicted octanol–water partition coefficient (Wildman–Crippen LogP) is 4.58. The highest BCUT2D eigenvalue weighted by Gasteiger charge is 2.37. The third-order valence-electron chi connectivity index (χ3n) is 6.94. The zero-order chi connectivity index (χ0) is 27.2. The molecule has 1 atom stereocenters. The zero-order valence-electron chi connectivity index (χ0n) is 21.5. The highest BCUT2D eigenvalue weighted by molar-refractivity contribution is 6.30. The van der Waals surface area contributed by atoms with E-state index in [1.54, 1.807) is 79.2 Å². The smallest absolute Gasteiger partial charge is 0.253 e. The summed E-state index contributed by atoms with van der Waals surface area (Å²) < 4.78 is 3.35. The summed E-state index contributed by atoms with van der Waals surface area (Å²) in [6.45, 7) is 0. The zero-order valence-corrected chi connectivity index (χ0v) is 22.3. The number of aromatic nitrogens is 3. The lowest BCUT2D eigenvalue weighted by Crippen LogP contribution is -2.31. The number of imidazole rings is 1. The third kappa shape index (κ3) is 4.20. The average Bonchev–Trinajstić information content (AvgIpc) is 3.35. The molecule has 0 spiro atoms. The van der Waals surface area contributed by atoms with E-state index >= 15 is 0 Å². The number of nitrogens with zero attached hydrogens (tertiary/aromatic N) is 4. The standard InChI is InChI=1S/C30H27ClN4O3/c1-33(2)29(37)19-8-10-21(11-9-19)30(38,27-17-32-18-34(27)3)22-12-13-26-25(15-22)24(16-28(36)35(26)4)20-6-5-7-23(31)14-20/h5-18,38H,1-4H3. The van der Waals surface area contributed by atoms with E-state index in [4.69, 9.17) is 11.6 Å². The van der Waals surface area contributed by atoms with Crippen molar-refractivity contribution in [1.82, 2.24) is 19.0 Å². The molecule has 5 rings (SSSR count). The topological polar surface area (TPSA) is 80.4 Å². The van der Waals surface area contributed by atoms with Gasteiger partial charge in [-0.25, -0.2) is 4.98 Å². The number of carbonyl (C=O) groups excluding carboxylic acids is 1. The highest BCUT2D eigenvalue weighted by atomic mass is 35.5. The van der Waals surface area contributed by atoms with E-state index in [-0.39, 0.29) is 11.5 Å². The number of fused-ring (bicyclic) bond motifs is 1. The molecule has 192 valence electrons. The maximum atomic E-state index is 12.8. The molecular weight excluding hydrogens is 500 g/mol. The first kappa shape index (κ1) is 25.4. The van der Waals surface area contributed by atoms with Crippen LogP contribution >= 0.6 is 11.6 Å². The van der Waals surface area contributed by atoms with Crippen molar-refractivity contribution in [3.63, 3.8) is 0 Å². The highest BCUT2D eigenvalue weighted by Crippen LogP contribution is 2.39. The van der Waals surface area contributed by atoms with Gasteiger partial charge in [0.1, 0.15) is 0 Å². The van der Waals surface area contributed by atoms with E-state index in [0.29, 0.717) is 33.0 Å². The molecule has 1 amide bonds. The number of rotatable bonds is 5. The molecule has 1 N–H and O–H groups in total. The van der Waals surface area contributed by atoms with E-state index in [1.807, 2.05) is 43.4 Å². The van der Waals surface area contributed by atoms with Crippen molar-refractivity contribution in [3.8, 4) is 11.1 Å². The van der Waals surface area contributed by atoms with Crippen LogP contribution in [0, 0.1) is 0 Å². The van der Waals surface area contributed by atoms with Crippen molar-refractivity contribution in [1.29, 1.82) is 0 Å². The molecular formula is C30H27ClN4O3. The van der Waals surface area contributed by atoms with Crippen molar-refractivity contribution in [2.75, 3.05) is 14.1 Å². The van der Waals surface area contributed by atoms with Crippen LogP contribution in [0.15, 0.2) is 90.1 Å². The number of hydrogen-bond acceptors (Lipinski definition) is 4. The molecule has 38 heavy (non-hydrogen) atoms. The predicted molar refractivity (Wildman–Crippen MR) is 149 cm³/mol. The summed E-state index contributed by atoms with van der Waals surface area (Å²) >= 11 is 6.28. The van der Waals surface area contributed by atoms with Gasteiger partial charge < -0.3 is 19.1 Å². The Balaban J connectivity index is 1.78. The van der Waals surface area contributed by atoms with Gasteiger partial charge in [0.15, 0.2) is 5.60 Å². The molecule has 5 aromatic rings. The van der Waals surface area contributed by atoms with Crippen molar-refractivity contribution in [2.24, 2.45) is 14.1 Å². The fraction of sp³-hybridized carbons (Fsp3) is 0.167. The van der Waals surface area contributed by atoms with Gasteiger partial charge in [-0.05, 0) is 58.7 Å². The fourth-order valence-electron chi connectivity index (χ4n) is 4.86. The minimum absolute atomic E-state index is 0.126. The third-order valence-corrected chi connectivity index (χ3v) is 7.18. The summed E-state index contributed by atoms with van der Waals surface area (Å²) in [5, 5.41) is 13.8. The van der Waals surface area contributed by atoms with Gasteiger partial charge in [-0.1, -0.05) is 41.9 Å². The summed E-state index contributed by atoms with van der Waals surface area (Å²) in [5.41, 5.74) is 2.71. The lowest BCUT2D eigenvalue weighted by Gasteiger charge is -2.30. The normalized spacial score (nSPS) is 12.9. The van der Waals surface area contributed by atoms with Crippen LogP contribution in [-0.2, 0) is 19.7 Å². The van der Waals surface area contributed by atoms with Crippen molar-refractivity contribution in [2.45, 2.75) is 5.60 Å². The molecule has 0 saturated heterocycles. The molecule has 1 unspecified atom stereocenters. The van der Waals surface area contributed by atoms with Crippen LogP contribution in [-0.4, -0.2) is 44.1 Å². The Morgan fingerprint density at radius 1 is 0.974 bits per heavy atom. The molecule has 7 nitrogen and oxygen atoms in total. The molecule has 0 fully saturated rings. The second kappa shape index (κ2) is 9.59. The van der Waals surface area contributed by atoms with Crippen LogP contribution in [0.25, 0.3) is 22.0 Å². The Kier molecular flexibility index (Phi) is 6.42. The summed E-state index contributed by atoms with van der Waals surface area (Å²) in [4.78, 5) is 31.1. The molecule has 0 aliphatic rings. The molecule has 0 aliphatic heterocycles. The van der Waals surface area contributed by atoms with Crippen LogP contribution in [0.3, 0.4) is 0 Å². The fourth-order valence-corrected chi connectivity index (χ4v) is 5.05. The van der Waals surface area contributed by atoms with Gasteiger partial charge in [0.2, 0.25) is 0 Å². The Bertz CT molecular complexity index is 1740. The van der Waals surface area contributed by atoms with E-state index in [0.717, 1.165) is 16.5 Å². The average molecular weight is 527 g/mol. The Labute approximate surface area is 225 Å². The molecule has 2 heterocycles. The first-order chi connectivity index (χ1) is 18.1. The molecule has 3 aromatic carbocycles. The summed E-state index contributed by atoms with van der Waals surface area (Å²) in [6, 6.07) is 21.4. The van der Waals surface area contributed by atoms with E-state index in [9.17, 15) is 14.7 Å². The van der Waals surface area contributed by atoms with Crippen LogP contribution in [0.4, 0.5) is 0 Å². The van der Waals surface area contributed by atoms with Gasteiger partial charge in [-0.3, -0.25) is 9.59 Å². The Morgan fingerprint density at radius 3 is 2.32 bits per heavy atom. The van der Waals surface area contributed by atoms with Crippen molar-refractivity contribution >= 4 is 28.4 Å². The van der Waals surface area contributed by atoms with E-state index < -0.39 is 5.60 Å². The minimum Gasteiger partial charge on any atom is -0.374 e. The van der Waals surface area contributed by atoms with Crippen LogP contribution in [0.5, 0.6) is 0 Å². The van der Waals surface area contributed by atoms with Crippen molar-refractivity contribution in [3.05, 3.63) is 123 Å². The Hall–Kier alpha value is -4.20. The summed E-state index contributed by atoms with van der Waals surface area (Å²) in [6.07, 6.45) is 3.26. The van der Waals surface area contributed by atoms with Gasteiger partial charge >= 0.3 is 0 Å². The maximum Gasteiger partial charge on any atom is 0.253 e. The molecule has 0 radical (unpaired) electrons. The second-order valence-electron chi connectivity index (χ2n) is 9.57. The second-order valence-corrected chi connectivity index (χ2v) is 10.0.